The molecule has 1 aliphatic carbocycles. The smallest absolute Gasteiger partial charge is 0.0445 e. The minimum absolute atomic E-state index is 0.179. The molecule has 104 valence electrons. The van der Waals surface area contributed by atoms with Crippen molar-refractivity contribution in [3.8, 4) is 0 Å². The van der Waals surface area contributed by atoms with Gasteiger partial charge in [0.05, 0.1) is 0 Å². The lowest BCUT2D eigenvalue weighted by Gasteiger charge is -2.40. The van der Waals surface area contributed by atoms with E-state index in [2.05, 4.69) is 29.2 Å². The predicted molar refractivity (Wildman–Crippen MR) is 76.8 cm³/mol. The minimum atomic E-state index is 0.179. The van der Waals surface area contributed by atoms with Gasteiger partial charge in [-0.3, -0.25) is 4.90 Å². The molecule has 0 amide bonds. The van der Waals surface area contributed by atoms with Gasteiger partial charge in [-0.05, 0) is 43.4 Å². The van der Waals surface area contributed by atoms with Crippen LogP contribution in [0.3, 0.4) is 0 Å². The Labute approximate surface area is 115 Å². The first kappa shape index (κ1) is 13.1. The number of rotatable bonds is 3. The van der Waals surface area contributed by atoms with Crippen LogP contribution in [0.5, 0.6) is 0 Å². The van der Waals surface area contributed by atoms with Crippen LogP contribution in [0.25, 0.3) is 0 Å². The normalized spacial score (nSPS) is 31.4. The van der Waals surface area contributed by atoms with Crippen molar-refractivity contribution in [1.82, 2.24) is 4.90 Å². The van der Waals surface area contributed by atoms with Gasteiger partial charge in [-0.2, -0.15) is 0 Å². The van der Waals surface area contributed by atoms with Crippen LogP contribution < -0.4 is 5.73 Å². The molecule has 1 aromatic carbocycles. The van der Waals surface area contributed by atoms with E-state index in [1.54, 1.807) is 0 Å². The first-order valence-corrected chi connectivity index (χ1v) is 7.52. The summed E-state index contributed by atoms with van der Waals surface area (Å²) in [5.74, 6) is 0. The Morgan fingerprint density at radius 3 is 2.79 bits per heavy atom. The second-order valence-corrected chi connectivity index (χ2v) is 5.89. The Morgan fingerprint density at radius 1 is 1.21 bits per heavy atom. The average Bonchev–Trinajstić information content (AvgIpc) is 2.78. The zero-order chi connectivity index (χ0) is 13.2. The van der Waals surface area contributed by atoms with Crippen molar-refractivity contribution >= 4 is 0 Å². The largest absolute Gasteiger partial charge is 0.396 e. The van der Waals surface area contributed by atoms with Crippen LogP contribution in [0.1, 0.15) is 55.3 Å². The maximum Gasteiger partial charge on any atom is 0.0445 e. The van der Waals surface area contributed by atoms with E-state index in [1.807, 2.05) is 0 Å². The third kappa shape index (κ3) is 2.42. The first-order chi connectivity index (χ1) is 9.31. The highest BCUT2D eigenvalue weighted by Crippen LogP contribution is 2.43. The third-order valence-electron chi connectivity index (χ3n) is 4.77. The summed E-state index contributed by atoms with van der Waals surface area (Å²) in [4.78, 5) is 2.60. The second kappa shape index (κ2) is 5.61. The van der Waals surface area contributed by atoms with E-state index in [9.17, 15) is 5.11 Å². The van der Waals surface area contributed by atoms with E-state index in [1.165, 1.54) is 30.4 Å². The number of benzene rings is 1. The number of aliphatic hydroxyl groups is 1. The predicted octanol–water partition coefficient (Wildman–Crippen LogP) is 2.37. The molecule has 1 saturated heterocycles. The maximum atomic E-state index is 9.27. The van der Waals surface area contributed by atoms with Crippen molar-refractivity contribution < 1.29 is 5.11 Å². The molecule has 0 radical (unpaired) electrons. The molecule has 0 saturated carbocycles. The summed E-state index contributed by atoms with van der Waals surface area (Å²) in [5, 5.41) is 9.27. The first-order valence-electron chi connectivity index (χ1n) is 7.52. The summed E-state index contributed by atoms with van der Waals surface area (Å²) in [6.45, 7) is 1.44. The molecule has 1 aliphatic heterocycles. The van der Waals surface area contributed by atoms with Crippen molar-refractivity contribution in [1.29, 1.82) is 0 Å². The molecule has 3 heteroatoms. The molecule has 19 heavy (non-hydrogen) atoms. The summed E-state index contributed by atoms with van der Waals surface area (Å²) in [6.07, 6.45) is 5.71. The van der Waals surface area contributed by atoms with Gasteiger partial charge in [0.25, 0.3) is 0 Å². The number of aliphatic hydroxyl groups excluding tert-OH is 1. The highest BCUT2D eigenvalue weighted by molar-refractivity contribution is 5.37. The fourth-order valence-corrected chi connectivity index (χ4v) is 3.85. The lowest BCUT2D eigenvalue weighted by Crippen LogP contribution is -2.42. The van der Waals surface area contributed by atoms with Gasteiger partial charge < -0.3 is 10.8 Å². The summed E-state index contributed by atoms with van der Waals surface area (Å²) < 4.78 is 0. The molecule has 0 bridgehead atoms. The van der Waals surface area contributed by atoms with E-state index in [4.69, 9.17) is 5.73 Å². The SMILES string of the molecule is NC1CC(N2CCCCC2CCO)c2ccccc21. The third-order valence-corrected chi connectivity index (χ3v) is 4.77. The molecule has 1 fully saturated rings. The number of hydrogen-bond donors (Lipinski definition) is 2. The van der Waals surface area contributed by atoms with E-state index in [0.29, 0.717) is 18.7 Å². The molecule has 3 rings (SSSR count). The van der Waals surface area contributed by atoms with Crippen LogP contribution >= 0.6 is 0 Å². The Kier molecular flexibility index (Phi) is 3.87. The van der Waals surface area contributed by atoms with Gasteiger partial charge in [0.1, 0.15) is 0 Å². The number of likely N-dealkylation sites (tertiary alicyclic amines) is 1. The number of fused-ring (bicyclic) bond motifs is 1. The van der Waals surface area contributed by atoms with Crippen LogP contribution in [-0.2, 0) is 0 Å². The Hall–Kier alpha value is -0.900. The van der Waals surface area contributed by atoms with Gasteiger partial charge >= 0.3 is 0 Å². The fourth-order valence-electron chi connectivity index (χ4n) is 3.85. The van der Waals surface area contributed by atoms with Crippen molar-refractivity contribution in [2.45, 2.75) is 50.2 Å². The molecule has 0 aromatic heterocycles. The maximum absolute atomic E-state index is 9.27. The van der Waals surface area contributed by atoms with Crippen molar-refractivity contribution in [3.05, 3.63) is 35.4 Å². The highest BCUT2D eigenvalue weighted by Gasteiger charge is 2.36. The quantitative estimate of drug-likeness (QED) is 0.877. The summed E-state index contributed by atoms with van der Waals surface area (Å²) in [6, 6.07) is 9.78. The number of nitrogens with two attached hydrogens (primary N) is 1. The minimum Gasteiger partial charge on any atom is -0.396 e. The molecule has 1 heterocycles. The van der Waals surface area contributed by atoms with E-state index in [0.717, 1.165) is 19.4 Å². The summed E-state index contributed by atoms with van der Waals surface area (Å²) >= 11 is 0. The van der Waals surface area contributed by atoms with Crippen LogP contribution in [0.4, 0.5) is 0 Å². The van der Waals surface area contributed by atoms with Crippen LogP contribution in [0.2, 0.25) is 0 Å². The van der Waals surface area contributed by atoms with Gasteiger partial charge in [0, 0.05) is 24.7 Å². The fraction of sp³-hybridized carbons (Fsp3) is 0.625. The Morgan fingerprint density at radius 2 is 2.00 bits per heavy atom. The molecule has 1 aromatic rings. The van der Waals surface area contributed by atoms with Crippen LogP contribution in [0, 0.1) is 0 Å². The monoisotopic (exact) mass is 260 g/mol. The van der Waals surface area contributed by atoms with Crippen molar-refractivity contribution in [2.24, 2.45) is 5.73 Å². The zero-order valence-corrected chi connectivity index (χ0v) is 11.5. The number of hydrogen-bond acceptors (Lipinski definition) is 3. The molecule has 2 aliphatic rings. The molecule has 3 N–H and O–H groups in total. The molecule has 0 spiro atoms. The molecule has 3 unspecified atom stereocenters. The van der Waals surface area contributed by atoms with Crippen molar-refractivity contribution in [3.63, 3.8) is 0 Å². The van der Waals surface area contributed by atoms with Gasteiger partial charge in [-0.1, -0.05) is 30.7 Å². The van der Waals surface area contributed by atoms with E-state index in [-0.39, 0.29) is 6.04 Å². The topological polar surface area (TPSA) is 49.5 Å². The zero-order valence-electron chi connectivity index (χ0n) is 11.5. The molecule has 3 atom stereocenters. The van der Waals surface area contributed by atoms with Crippen LogP contribution in [-0.4, -0.2) is 29.2 Å². The number of nitrogens with zero attached hydrogens (tertiary/aromatic N) is 1. The Balaban J connectivity index is 1.85. The Bertz CT molecular complexity index is 433. The second-order valence-electron chi connectivity index (χ2n) is 5.89. The summed E-state index contributed by atoms with van der Waals surface area (Å²) in [5.41, 5.74) is 9.02. The number of piperidine rings is 1. The van der Waals surface area contributed by atoms with Gasteiger partial charge in [0.15, 0.2) is 0 Å². The van der Waals surface area contributed by atoms with Gasteiger partial charge in [-0.15, -0.1) is 0 Å². The van der Waals surface area contributed by atoms with Gasteiger partial charge in [0.2, 0.25) is 0 Å². The van der Waals surface area contributed by atoms with Crippen molar-refractivity contribution in [2.75, 3.05) is 13.2 Å². The van der Waals surface area contributed by atoms with Crippen LogP contribution in [0.15, 0.2) is 24.3 Å². The molecule has 3 nitrogen and oxygen atoms in total. The van der Waals surface area contributed by atoms with E-state index >= 15 is 0 Å². The highest BCUT2D eigenvalue weighted by atomic mass is 16.3. The lowest BCUT2D eigenvalue weighted by atomic mass is 9.95. The van der Waals surface area contributed by atoms with Gasteiger partial charge in [-0.25, -0.2) is 0 Å². The molecular formula is C16H24N2O. The average molecular weight is 260 g/mol. The lowest BCUT2D eigenvalue weighted by molar-refractivity contribution is 0.0734. The summed E-state index contributed by atoms with van der Waals surface area (Å²) in [7, 11) is 0. The molecular weight excluding hydrogens is 236 g/mol. The standard InChI is InChI=1S/C16H24N2O/c17-15-11-16(14-7-2-1-6-13(14)15)18-9-4-3-5-12(18)8-10-19/h1-2,6-7,12,15-16,19H,3-5,8-11,17H2. The van der Waals surface area contributed by atoms with E-state index < -0.39 is 0 Å².